The molecular formula is C9H15N3O2S2. The molecule has 0 aliphatic heterocycles. The highest BCUT2D eigenvalue weighted by atomic mass is 32.1. The van der Waals surface area contributed by atoms with Gasteiger partial charge in [-0.25, -0.2) is 0 Å². The highest BCUT2D eigenvalue weighted by Gasteiger charge is 1.80. The fourth-order valence-corrected chi connectivity index (χ4v) is 0.614. The van der Waals surface area contributed by atoms with Gasteiger partial charge in [-0.1, -0.05) is 30.3 Å². The first-order valence-corrected chi connectivity index (χ1v) is 4.92. The van der Waals surface area contributed by atoms with E-state index in [0.29, 0.717) is 6.54 Å². The van der Waals surface area contributed by atoms with Crippen molar-refractivity contribution in [1.82, 2.24) is 0 Å². The van der Waals surface area contributed by atoms with Gasteiger partial charge < -0.3 is 27.4 Å². The van der Waals surface area contributed by atoms with Gasteiger partial charge in [0.25, 0.3) is 10.3 Å². The lowest BCUT2D eigenvalue weighted by Crippen LogP contribution is -2.03. The molecule has 90 valence electrons. The van der Waals surface area contributed by atoms with E-state index in [4.69, 9.17) is 15.9 Å². The molecule has 7 heteroatoms. The van der Waals surface area contributed by atoms with Crippen LogP contribution in [-0.4, -0.2) is 20.6 Å². The molecule has 0 saturated carbocycles. The third-order valence-electron chi connectivity index (χ3n) is 1.08. The van der Waals surface area contributed by atoms with Gasteiger partial charge in [-0.2, -0.15) is 0 Å². The Labute approximate surface area is 105 Å². The molecule has 0 fully saturated rings. The second kappa shape index (κ2) is 11.6. The van der Waals surface area contributed by atoms with Crippen molar-refractivity contribution in [2.45, 2.75) is 6.54 Å². The summed E-state index contributed by atoms with van der Waals surface area (Å²) in [6, 6.07) is 9.99. The quantitative estimate of drug-likeness (QED) is 0.473. The Bertz CT molecular complexity index is 287. The highest BCUT2D eigenvalue weighted by molar-refractivity contribution is 7.80. The predicted molar refractivity (Wildman–Crippen MR) is 73.2 cm³/mol. The van der Waals surface area contributed by atoms with Crippen molar-refractivity contribution in [3.05, 3.63) is 35.9 Å². The van der Waals surface area contributed by atoms with Crippen LogP contribution in [-0.2, 0) is 6.54 Å². The first-order valence-electron chi connectivity index (χ1n) is 4.11. The summed E-state index contributed by atoms with van der Waals surface area (Å²) in [5.41, 5.74) is 15.3. The van der Waals surface area contributed by atoms with Crippen LogP contribution in [0.5, 0.6) is 0 Å². The highest BCUT2D eigenvalue weighted by Crippen LogP contribution is 1.94. The number of rotatable bonds is 1. The maximum absolute atomic E-state index is 7.56. The van der Waals surface area contributed by atoms with Gasteiger partial charge in [0.15, 0.2) is 0 Å². The molecule has 0 spiro atoms. The Morgan fingerprint density at radius 2 is 1.31 bits per heavy atom. The number of aliphatic hydroxyl groups is 2. The molecule has 1 aromatic carbocycles. The second-order valence-electron chi connectivity index (χ2n) is 2.37. The fourth-order valence-electron chi connectivity index (χ4n) is 0.614. The van der Waals surface area contributed by atoms with Gasteiger partial charge in [0.1, 0.15) is 0 Å². The van der Waals surface area contributed by atoms with Crippen molar-refractivity contribution in [1.29, 1.82) is 0 Å². The molecule has 0 atom stereocenters. The monoisotopic (exact) mass is 261 g/mol. The van der Waals surface area contributed by atoms with Crippen LogP contribution in [0.1, 0.15) is 5.56 Å². The van der Waals surface area contributed by atoms with E-state index in [1.54, 1.807) is 0 Å². The Hall–Kier alpha value is -1.44. The van der Waals surface area contributed by atoms with Gasteiger partial charge in [0.05, 0.1) is 0 Å². The van der Waals surface area contributed by atoms with E-state index in [1.807, 2.05) is 30.3 Å². The van der Waals surface area contributed by atoms with Crippen LogP contribution in [0.15, 0.2) is 30.3 Å². The van der Waals surface area contributed by atoms with Gasteiger partial charge >= 0.3 is 0 Å². The Morgan fingerprint density at radius 3 is 1.50 bits per heavy atom. The number of thiocarbonyl (C=S) groups is 2. The van der Waals surface area contributed by atoms with E-state index in [0.717, 1.165) is 0 Å². The average molecular weight is 261 g/mol. The van der Waals surface area contributed by atoms with E-state index >= 15 is 0 Å². The summed E-state index contributed by atoms with van der Waals surface area (Å²) < 4.78 is 0. The van der Waals surface area contributed by atoms with Crippen LogP contribution in [0, 0.1) is 0 Å². The lowest BCUT2D eigenvalue weighted by Gasteiger charge is -1.90. The standard InChI is InChI=1S/C7H9N.2CH3NOS/c8-6-7-4-2-1-3-5-7;2*2-1(3)4/h1-5H,6,8H2;2*(H3,2,3,4). The molecule has 5 nitrogen and oxygen atoms in total. The largest absolute Gasteiger partial charge is 0.487 e. The first-order chi connectivity index (χ1) is 7.40. The summed E-state index contributed by atoms with van der Waals surface area (Å²) in [6.07, 6.45) is 0. The molecule has 0 aliphatic rings. The van der Waals surface area contributed by atoms with E-state index in [1.165, 1.54) is 5.56 Å². The minimum Gasteiger partial charge on any atom is -0.487 e. The lowest BCUT2D eigenvalue weighted by atomic mass is 10.2. The molecule has 0 radical (unpaired) electrons. The fraction of sp³-hybridized carbons (Fsp3) is 0.111. The van der Waals surface area contributed by atoms with Crippen LogP contribution in [0.2, 0.25) is 0 Å². The summed E-state index contributed by atoms with van der Waals surface area (Å²) >= 11 is 7.74. The van der Waals surface area contributed by atoms with Crippen molar-refractivity contribution < 1.29 is 10.2 Å². The van der Waals surface area contributed by atoms with Crippen molar-refractivity contribution in [3.8, 4) is 0 Å². The van der Waals surface area contributed by atoms with E-state index < -0.39 is 10.3 Å². The topological polar surface area (TPSA) is 119 Å². The van der Waals surface area contributed by atoms with Crippen molar-refractivity contribution in [2.24, 2.45) is 17.2 Å². The Balaban J connectivity index is 0. The smallest absolute Gasteiger partial charge is 0.251 e. The maximum atomic E-state index is 7.56. The van der Waals surface area contributed by atoms with Crippen molar-refractivity contribution in [2.75, 3.05) is 0 Å². The third-order valence-corrected chi connectivity index (χ3v) is 1.08. The normalized spacial score (nSPS) is 7.56. The molecule has 0 unspecified atom stereocenters. The number of hydrogen-bond acceptors (Lipinski definition) is 3. The molecule has 0 aliphatic carbocycles. The predicted octanol–water partition coefficient (Wildman–Crippen LogP) is 0.721. The van der Waals surface area contributed by atoms with Crippen LogP contribution < -0.4 is 17.2 Å². The molecule has 0 aromatic heterocycles. The van der Waals surface area contributed by atoms with E-state index in [-0.39, 0.29) is 0 Å². The number of aliphatic hydroxyl groups excluding tert-OH is 2. The van der Waals surface area contributed by atoms with Crippen molar-refractivity contribution >= 4 is 34.8 Å². The SMILES string of the molecule is NC(O)=S.NC(O)=S.NCc1ccccc1. The molecule has 0 amide bonds. The summed E-state index contributed by atoms with van der Waals surface area (Å²) in [5, 5.41) is 14.1. The second-order valence-corrected chi connectivity index (χ2v) is 3.20. The zero-order valence-corrected chi connectivity index (χ0v) is 10.2. The van der Waals surface area contributed by atoms with Crippen molar-refractivity contribution in [3.63, 3.8) is 0 Å². The summed E-state index contributed by atoms with van der Waals surface area (Å²) in [6.45, 7) is 0.640. The van der Waals surface area contributed by atoms with Gasteiger partial charge in [0, 0.05) is 6.54 Å². The van der Waals surface area contributed by atoms with E-state index in [9.17, 15) is 0 Å². The molecule has 1 rings (SSSR count). The number of hydrogen-bond donors (Lipinski definition) is 5. The first kappa shape index (κ1) is 17.0. The minimum atomic E-state index is -0.500. The van der Waals surface area contributed by atoms with Crippen LogP contribution >= 0.6 is 24.4 Å². The van der Waals surface area contributed by atoms with Gasteiger partial charge in [-0.15, -0.1) is 0 Å². The molecule has 16 heavy (non-hydrogen) atoms. The molecule has 8 N–H and O–H groups in total. The zero-order chi connectivity index (χ0) is 13.0. The molecule has 1 aromatic rings. The van der Waals surface area contributed by atoms with Crippen LogP contribution in [0.4, 0.5) is 0 Å². The van der Waals surface area contributed by atoms with Crippen LogP contribution in [0.3, 0.4) is 0 Å². The third kappa shape index (κ3) is 22.9. The minimum absolute atomic E-state index is 0.500. The van der Waals surface area contributed by atoms with Crippen LogP contribution in [0.25, 0.3) is 0 Å². The molecular weight excluding hydrogens is 246 g/mol. The average Bonchev–Trinajstić information content (AvgIpc) is 2.17. The number of benzene rings is 1. The molecule has 0 bridgehead atoms. The summed E-state index contributed by atoms with van der Waals surface area (Å²) in [7, 11) is 0. The van der Waals surface area contributed by atoms with Gasteiger partial charge in [0.2, 0.25) is 0 Å². The Kier molecular flexibility index (Phi) is 12.3. The Morgan fingerprint density at radius 1 is 1.00 bits per heavy atom. The van der Waals surface area contributed by atoms with Gasteiger partial charge in [-0.3, -0.25) is 0 Å². The van der Waals surface area contributed by atoms with E-state index in [2.05, 4.69) is 35.9 Å². The summed E-state index contributed by atoms with van der Waals surface area (Å²) in [4.78, 5) is 0. The zero-order valence-electron chi connectivity index (χ0n) is 8.54. The lowest BCUT2D eigenvalue weighted by molar-refractivity contribution is 0.559. The maximum Gasteiger partial charge on any atom is 0.251 e. The number of nitrogens with two attached hydrogens (primary N) is 3. The summed E-state index contributed by atoms with van der Waals surface area (Å²) in [5.74, 6) is 0. The molecule has 0 heterocycles. The molecule has 0 saturated heterocycles. The van der Waals surface area contributed by atoms with Gasteiger partial charge in [-0.05, 0) is 30.0 Å².